The lowest BCUT2D eigenvalue weighted by Crippen LogP contribution is -2.37. The molecule has 5 heteroatoms. The van der Waals surface area contributed by atoms with Crippen LogP contribution in [0, 0.1) is 5.41 Å². The number of ether oxygens (including phenoxy) is 1. The van der Waals surface area contributed by atoms with Crippen LogP contribution in [0.25, 0.3) is 11.5 Å². The normalized spacial score (nSPS) is 11.9. The van der Waals surface area contributed by atoms with Gasteiger partial charge in [-0.1, -0.05) is 13.8 Å². The van der Waals surface area contributed by atoms with Crippen molar-refractivity contribution in [2.45, 2.75) is 27.3 Å². The lowest BCUT2D eigenvalue weighted by atomic mass is 9.93. The Morgan fingerprint density at radius 2 is 1.92 bits per heavy atom. The molecule has 0 saturated carbocycles. The first-order valence-electron chi connectivity index (χ1n) is 8.43. The number of rotatable bonds is 9. The number of aromatic nitrogens is 1. The first-order chi connectivity index (χ1) is 11.4. The Bertz CT molecular complexity index is 618. The summed E-state index contributed by atoms with van der Waals surface area (Å²) in [5, 5.41) is 3.47. The van der Waals surface area contributed by atoms with Crippen molar-refractivity contribution >= 4 is 0 Å². The van der Waals surface area contributed by atoms with E-state index in [0.29, 0.717) is 19.0 Å². The van der Waals surface area contributed by atoms with E-state index in [1.807, 2.05) is 31.2 Å². The Kier molecular flexibility index (Phi) is 6.40. The van der Waals surface area contributed by atoms with Gasteiger partial charge in [0.25, 0.3) is 0 Å². The highest BCUT2D eigenvalue weighted by atomic mass is 16.5. The highest BCUT2D eigenvalue weighted by Crippen LogP contribution is 2.22. The third kappa shape index (κ3) is 5.65. The molecule has 0 aliphatic carbocycles. The molecule has 5 nitrogen and oxygen atoms in total. The highest BCUT2D eigenvalue weighted by molar-refractivity contribution is 5.54. The minimum atomic E-state index is 0.213. The van der Waals surface area contributed by atoms with Gasteiger partial charge >= 0.3 is 0 Å². The Morgan fingerprint density at radius 3 is 2.54 bits per heavy atom. The summed E-state index contributed by atoms with van der Waals surface area (Å²) in [4.78, 5) is 6.77. The van der Waals surface area contributed by atoms with E-state index in [9.17, 15) is 0 Å². The van der Waals surface area contributed by atoms with Gasteiger partial charge in [0.2, 0.25) is 5.89 Å². The molecule has 0 aliphatic heterocycles. The molecule has 0 bridgehead atoms. The fourth-order valence-corrected chi connectivity index (χ4v) is 2.82. The van der Waals surface area contributed by atoms with Gasteiger partial charge in [-0.05, 0) is 50.7 Å². The molecular weight excluding hydrogens is 302 g/mol. The van der Waals surface area contributed by atoms with Crippen LogP contribution in [0.2, 0.25) is 0 Å². The Morgan fingerprint density at radius 1 is 1.21 bits per heavy atom. The number of hydrogen-bond donors (Lipinski definition) is 1. The molecule has 2 aromatic rings. The fraction of sp³-hybridized carbons (Fsp3) is 0.526. The molecular formula is C19H29N3O2. The van der Waals surface area contributed by atoms with Gasteiger partial charge in [-0.2, -0.15) is 0 Å². The zero-order valence-electron chi connectivity index (χ0n) is 15.4. The predicted molar refractivity (Wildman–Crippen MR) is 97.1 cm³/mol. The zero-order chi connectivity index (χ0) is 17.6. The van der Waals surface area contributed by atoms with Crippen LogP contribution in [0.4, 0.5) is 0 Å². The van der Waals surface area contributed by atoms with Crippen molar-refractivity contribution in [2.75, 3.05) is 33.8 Å². The van der Waals surface area contributed by atoms with Gasteiger partial charge in [-0.25, -0.2) is 4.98 Å². The minimum Gasteiger partial charge on any atom is -0.494 e. The van der Waals surface area contributed by atoms with Crippen LogP contribution in [-0.4, -0.2) is 43.7 Å². The maximum atomic E-state index is 5.60. The maximum Gasteiger partial charge on any atom is 0.226 e. The van der Waals surface area contributed by atoms with Crippen molar-refractivity contribution in [1.82, 2.24) is 15.2 Å². The van der Waals surface area contributed by atoms with Crippen LogP contribution in [0.3, 0.4) is 0 Å². The van der Waals surface area contributed by atoms with Crippen LogP contribution in [0.1, 0.15) is 26.5 Å². The Balaban J connectivity index is 1.89. The van der Waals surface area contributed by atoms with Crippen molar-refractivity contribution in [2.24, 2.45) is 5.41 Å². The van der Waals surface area contributed by atoms with E-state index < -0.39 is 0 Å². The number of nitrogens with one attached hydrogen (secondary N) is 1. The molecule has 0 spiro atoms. The molecule has 132 valence electrons. The summed E-state index contributed by atoms with van der Waals surface area (Å²) in [6.07, 6.45) is 1.72. The van der Waals surface area contributed by atoms with Gasteiger partial charge in [-0.3, -0.25) is 0 Å². The van der Waals surface area contributed by atoms with Crippen LogP contribution in [0.5, 0.6) is 5.75 Å². The van der Waals surface area contributed by atoms with Gasteiger partial charge in [0.05, 0.1) is 12.3 Å². The average molecular weight is 331 g/mol. The van der Waals surface area contributed by atoms with Crippen LogP contribution in [0.15, 0.2) is 34.9 Å². The van der Waals surface area contributed by atoms with Crippen molar-refractivity contribution in [3.63, 3.8) is 0 Å². The molecule has 1 aromatic carbocycles. The quantitative estimate of drug-likeness (QED) is 0.763. The van der Waals surface area contributed by atoms with Crippen LogP contribution in [-0.2, 0) is 6.54 Å². The van der Waals surface area contributed by atoms with Gasteiger partial charge in [0.1, 0.15) is 12.0 Å². The van der Waals surface area contributed by atoms with Gasteiger partial charge in [0, 0.05) is 25.2 Å². The Hall–Kier alpha value is -1.85. The molecule has 0 atom stereocenters. The second kappa shape index (κ2) is 8.31. The summed E-state index contributed by atoms with van der Waals surface area (Å²) in [5.74, 6) is 1.50. The van der Waals surface area contributed by atoms with Gasteiger partial charge < -0.3 is 19.4 Å². The van der Waals surface area contributed by atoms with Crippen molar-refractivity contribution in [3.05, 3.63) is 36.2 Å². The van der Waals surface area contributed by atoms with Crippen LogP contribution >= 0.6 is 0 Å². The lowest BCUT2D eigenvalue weighted by Gasteiger charge is -2.28. The summed E-state index contributed by atoms with van der Waals surface area (Å²) in [7, 11) is 4.20. The van der Waals surface area contributed by atoms with E-state index in [0.717, 1.165) is 30.1 Å². The number of nitrogens with zero attached hydrogens (tertiary/aromatic N) is 2. The van der Waals surface area contributed by atoms with Crippen molar-refractivity contribution < 1.29 is 9.15 Å². The van der Waals surface area contributed by atoms with Crippen LogP contribution < -0.4 is 10.1 Å². The molecule has 0 radical (unpaired) electrons. The molecule has 0 fully saturated rings. The largest absolute Gasteiger partial charge is 0.494 e. The summed E-state index contributed by atoms with van der Waals surface area (Å²) in [5.41, 5.74) is 2.09. The minimum absolute atomic E-state index is 0.213. The molecule has 1 N–H and O–H groups in total. The molecule has 1 aromatic heterocycles. The number of hydrogen-bond acceptors (Lipinski definition) is 5. The second-order valence-electron chi connectivity index (χ2n) is 7.11. The molecule has 24 heavy (non-hydrogen) atoms. The van der Waals surface area contributed by atoms with E-state index in [2.05, 4.69) is 43.1 Å². The molecule has 1 heterocycles. The fourth-order valence-electron chi connectivity index (χ4n) is 2.82. The number of benzene rings is 1. The predicted octanol–water partition coefficient (Wildman–Crippen LogP) is 3.42. The van der Waals surface area contributed by atoms with E-state index in [-0.39, 0.29) is 5.41 Å². The zero-order valence-corrected chi connectivity index (χ0v) is 15.4. The monoisotopic (exact) mass is 331 g/mol. The van der Waals surface area contributed by atoms with Gasteiger partial charge in [0.15, 0.2) is 0 Å². The van der Waals surface area contributed by atoms with E-state index in [4.69, 9.17) is 9.15 Å². The summed E-state index contributed by atoms with van der Waals surface area (Å²) in [6.45, 7) is 9.83. The standard InChI is InChI=1S/C19H29N3O2/c1-6-23-17-9-7-15(8-10-17)18-21-16(12-24-18)11-20-13-19(2,3)14-22(4)5/h7-10,12,20H,6,11,13-14H2,1-5H3. The molecule has 0 amide bonds. The average Bonchev–Trinajstić information content (AvgIpc) is 2.95. The Labute approximate surface area is 145 Å². The third-order valence-electron chi connectivity index (χ3n) is 3.62. The first-order valence-corrected chi connectivity index (χ1v) is 8.43. The lowest BCUT2D eigenvalue weighted by molar-refractivity contribution is 0.232. The first kappa shape index (κ1) is 18.5. The van der Waals surface area contributed by atoms with E-state index in [1.165, 1.54) is 0 Å². The van der Waals surface area contributed by atoms with E-state index in [1.54, 1.807) is 6.26 Å². The summed E-state index contributed by atoms with van der Waals surface area (Å²) < 4.78 is 11.0. The second-order valence-corrected chi connectivity index (χ2v) is 7.11. The molecule has 0 saturated heterocycles. The summed E-state index contributed by atoms with van der Waals surface area (Å²) >= 11 is 0. The molecule has 0 aliphatic rings. The van der Waals surface area contributed by atoms with Crippen molar-refractivity contribution in [1.29, 1.82) is 0 Å². The number of oxazole rings is 1. The molecule has 0 unspecified atom stereocenters. The van der Waals surface area contributed by atoms with Crippen molar-refractivity contribution in [3.8, 4) is 17.2 Å². The van der Waals surface area contributed by atoms with Gasteiger partial charge in [-0.15, -0.1) is 0 Å². The third-order valence-corrected chi connectivity index (χ3v) is 3.62. The summed E-state index contributed by atoms with van der Waals surface area (Å²) in [6, 6.07) is 7.80. The highest BCUT2D eigenvalue weighted by Gasteiger charge is 2.18. The topological polar surface area (TPSA) is 50.5 Å². The van der Waals surface area contributed by atoms with E-state index >= 15 is 0 Å². The maximum absolute atomic E-state index is 5.60. The SMILES string of the molecule is CCOc1ccc(-c2nc(CNCC(C)(C)CN(C)C)co2)cc1. The molecule has 2 rings (SSSR count). The smallest absolute Gasteiger partial charge is 0.226 e.